The van der Waals surface area contributed by atoms with Crippen LogP contribution in [0.2, 0.25) is 0 Å². The first-order valence-electron chi connectivity index (χ1n) is 9.10. The van der Waals surface area contributed by atoms with Gasteiger partial charge in [0.2, 0.25) is 5.69 Å². The Morgan fingerprint density at radius 2 is 1.78 bits per heavy atom. The summed E-state index contributed by atoms with van der Waals surface area (Å²) < 4.78 is 0. The van der Waals surface area contributed by atoms with Crippen LogP contribution in [0.5, 0.6) is 0 Å². The number of aromatic carboxylic acids is 1. The van der Waals surface area contributed by atoms with Crippen LogP contribution in [0.25, 0.3) is 5.69 Å². The molecule has 3 aromatic rings. The van der Waals surface area contributed by atoms with Gasteiger partial charge in [-0.2, -0.15) is 0 Å². The predicted molar refractivity (Wildman–Crippen MR) is 104 cm³/mol. The number of benzene rings is 2. The summed E-state index contributed by atoms with van der Waals surface area (Å²) in [6, 6.07) is 16.3. The lowest BCUT2D eigenvalue weighted by Gasteiger charge is -2.16. The quantitative estimate of drug-likeness (QED) is 0.768. The van der Waals surface area contributed by atoms with Crippen molar-refractivity contribution in [3.05, 3.63) is 70.9 Å². The molecule has 0 saturated carbocycles. The molecule has 0 amide bonds. The summed E-state index contributed by atoms with van der Waals surface area (Å²) in [6.45, 7) is 5.52. The predicted octanol–water partition coefficient (Wildman–Crippen LogP) is 3.58. The Bertz CT molecular complexity index is 961. The van der Waals surface area contributed by atoms with E-state index in [1.165, 1.54) is 10.4 Å². The largest absolute Gasteiger partial charge is 0.476 e. The first-order chi connectivity index (χ1) is 13.0. The fraction of sp³-hybridized carbons (Fsp3) is 0.286. The van der Waals surface area contributed by atoms with Crippen LogP contribution in [0.4, 0.5) is 5.82 Å². The first-order valence-corrected chi connectivity index (χ1v) is 9.10. The Balaban J connectivity index is 1.67. The number of aromatic nitrogens is 3. The fourth-order valence-electron chi connectivity index (χ4n) is 3.78. The van der Waals surface area contributed by atoms with E-state index in [1.54, 1.807) is 0 Å². The molecule has 1 aromatic heterocycles. The van der Waals surface area contributed by atoms with Crippen molar-refractivity contribution >= 4 is 11.8 Å². The van der Waals surface area contributed by atoms with Crippen molar-refractivity contribution < 1.29 is 9.90 Å². The van der Waals surface area contributed by atoms with Crippen LogP contribution < -0.4 is 4.90 Å². The molecule has 0 unspecified atom stereocenters. The highest BCUT2D eigenvalue weighted by atomic mass is 16.4. The molecule has 1 atom stereocenters. The lowest BCUT2D eigenvalue weighted by atomic mass is 9.99. The number of carboxylic acids is 1. The van der Waals surface area contributed by atoms with E-state index in [2.05, 4.69) is 28.4 Å². The second-order valence-corrected chi connectivity index (χ2v) is 7.16. The van der Waals surface area contributed by atoms with Gasteiger partial charge in [-0.1, -0.05) is 36.4 Å². The summed E-state index contributed by atoms with van der Waals surface area (Å²) in [5.41, 5.74) is 4.23. The smallest absolute Gasteiger partial charge is 0.360 e. The van der Waals surface area contributed by atoms with Crippen LogP contribution >= 0.6 is 0 Å². The van der Waals surface area contributed by atoms with Gasteiger partial charge in [0.25, 0.3) is 0 Å². The zero-order valence-electron chi connectivity index (χ0n) is 15.5. The maximum absolute atomic E-state index is 11.8. The molecule has 0 radical (unpaired) electrons. The van der Waals surface area contributed by atoms with Crippen LogP contribution in [-0.2, 0) is 0 Å². The van der Waals surface area contributed by atoms with Crippen molar-refractivity contribution in [2.45, 2.75) is 26.2 Å². The molecule has 1 aliphatic rings. The van der Waals surface area contributed by atoms with Crippen LogP contribution in [0.1, 0.15) is 39.5 Å². The van der Waals surface area contributed by atoms with Crippen molar-refractivity contribution in [1.29, 1.82) is 0 Å². The topological polar surface area (TPSA) is 71.2 Å². The van der Waals surface area contributed by atoms with E-state index >= 15 is 0 Å². The van der Waals surface area contributed by atoms with Crippen LogP contribution in [0, 0.1) is 13.8 Å². The number of anilines is 1. The molecule has 0 bridgehead atoms. The normalized spacial score (nSPS) is 16.7. The van der Waals surface area contributed by atoms with Gasteiger partial charge in [-0.25, -0.2) is 4.79 Å². The third-order valence-electron chi connectivity index (χ3n) is 4.99. The van der Waals surface area contributed by atoms with Gasteiger partial charge < -0.3 is 10.0 Å². The maximum Gasteiger partial charge on any atom is 0.360 e. The van der Waals surface area contributed by atoms with Gasteiger partial charge in [0, 0.05) is 19.0 Å². The molecule has 2 heterocycles. The molecule has 1 saturated heterocycles. The van der Waals surface area contributed by atoms with E-state index in [-0.39, 0.29) is 5.69 Å². The molecule has 4 rings (SSSR count). The number of aryl methyl sites for hydroxylation is 2. The highest BCUT2D eigenvalue weighted by Crippen LogP contribution is 2.31. The van der Waals surface area contributed by atoms with Crippen molar-refractivity contribution in [3.8, 4) is 5.69 Å². The summed E-state index contributed by atoms with van der Waals surface area (Å²) in [6.07, 6.45) is 0.972. The van der Waals surface area contributed by atoms with Crippen LogP contribution in [0.15, 0.2) is 48.5 Å². The summed E-state index contributed by atoms with van der Waals surface area (Å²) in [7, 11) is 0. The minimum atomic E-state index is -1.05. The van der Waals surface area contributed by atoms with Gasteiger partial charge in [0.1, 0.15) is 0 Å². The van der Waals surface area contributed by atoms with Gasteiger partial charge in [0.15, 0.2) is 5.82 Å². The Morgan fingerprint density at radius 1 is 1.07 bits per heavy atom. The van der Waals surface area contributed by atoms with Gasteiger partial charge in [-0.05, 0) is 49.1 Å². The number of hydrogen-bond donors (Lipinski definition) is 1. The van der Waals surface area contributed by atoms with E-state index in [0.29, 0.717) is 11.7 Å². The number of carboxylic acid groups (broad SMARTS) is 1. The summed E-state index contributed by atoms with van der Waals surface area (Å²) >= 11 is 0. The Kier molecular flexibility index (Phi) is 4.39. The van der Waals surface area contributed by atoms with Crippen LogP contribution in [-0.4, -0.2) is 39.2 Å². The molecule has 1 fully saturated rings. The Labute approximate surface area is 158 Å². The molecule has 1 N–H and O–H groups in total. The Hall–Kier alpha value is -3.15. The molecule has 6 nitrogen and oxygen atoms in total. The second-order valence-electron chi connectivity index (χ2n) is 7.16. The molecule has 2 aromatic carbocycles. The zero-order chi connectivity index (χ0) is 19.0. The number of carbonyl (C=O) groups is 1. The molecule has 1 aliphatic heterocycles. The molecule has 0 spiro atoms. The monoisotopic (exact) mass is 362 g/mol. The van der Waals surface area contributed by atoms with E-state index in [1.807, 2.05) is 49.1 Å². The van der Waals surface area contributed by atoms with E-state index in [9.17, 15) is 9.90 Å². The maximum atomic E-state index is 11.8. The minimum Gasteiger partial charge on any atom is -0.476 e. The summed E-state index contributed by atoms with van der Waals surface area (Å²) in [5.74, 6) is -0.233. The van der Waals surface area contributed by atoms with Crippen molar-refractivity contribution in [3.63, 3.8) is 0 Å². The number of rotatable bonds is 4. The van der Waals surface area contributed by atoms with Crippen LogP contribution in [0.3, 0.4) is 0 Å². The highest BCUT2D eigenvalue weighted by molar-refractivity contribution is 5.91. The zero-order valence-corrected chi connectivity index (χ0v) is 15.5. The Morgan fingerprint density at radius 3 is 2.44 bits per heavy atom. The molecule has 0 aliphatic carbocycles. The fourth-order valence-corrected chi connectivity index (χ4v) is 3.78. The van der Waals surface area contributed by atoms with Gasteiger partial charge >= 0.3 is 5.97 Å². The molecule has 27 heavy (non-hydrogen) atoms. The van der Waals surface area contributed by atoms with Crippen molar-refractivity contribution in [1.82, 2.24) is 15.0 Å². The average molecular weight is 362 g/mol. The number of hydrogen-bond acceptors (Lipinski definition) is 4. The van der Waals surface area contributed by atoms with Crippen molar-refractivity contribution in [2.75, 3.05) is 18.0 Å². The second kappa shape index (κ2) is 6.87. The molecule has 6 heteroatoms. The molecular formula is C21H22N4O2. The molecule has 138 valence electrons. The standard InChI is InChI=1S/C21H22N4O2/c1-14-10-15(2)12-18(11-14)25-22-19(21(26)27)20(23-25)24-9-8-17(13-24)16-6-4-3-5-7-16/h3-7,10-12,17H,8-9,13H2,1-2H3,(H,26,27)/t17-/m1/s1. The lowest BCUT2D eigenvalue weighted by Crippen LogP contribution is -2.22. The summed E-state index contributed by atoms with van der Waals surface area (Å²) in [5, 5.41) is 18.4. The van der Waals surface area contributed by atoms with Gasteiger partial charge in [-0.15, -0.1) is 15.0 Å². The minimum absolute atomic E-state index is 0.00266. The SMILES string of the molecule is Cc1cc(C)cc(-n2nc(C(=O)O)c(N3CC[C@@H](c4ccccc4)C3)n2)c1. The third kappa shape index (κ3) is 3.43. The van der Waals surface area contributed by atoms with E-state index in [0.717, 1.165) is 36.3 Å². The number of nitrogens with zero attached hydrogens (tertiary/aromatic N) is 4. The third-order valence-corrected chi connectivity index (χ3v) is 4.99. The van der Waals surface area contributed by atoms with Gasteiger partial charge in [0.05, 0.1) is 5.69 Å². The van der Waals surface area contributed by atoms with Gasteiger partial charge in [-0.3, -0.25) is 0 Å². The highest BCUT2D eigenvalue weighted by Gasteiger charge is 2.30. The van der Waals surface area contributed by atoms with Crippen molar-refractivity contribution in [2.24, 2.45) is 0 Å². The van der Waals surface area contributed by atoms with E-state index < -0.39 is 5.97 Å². The molecular weight excluding hydrogens is 340 g/mol. The average Bonchev–Trinajstić information content (AvgIpc) is 3.29. The summed E-state index contributed by atoms with van der Waals surface area (Å²) in [4.78, 5) is 15.2. The lowest BCUT2D eigenvalue weighted by molar-refractivity contribution is 0.0690. The van der Waals surface area contributed by atoms with E-state index in [4.69, 9.17) is 0 Å². The first kappa shape index (κ1) is 17.3.